The van der Waals surface area contributed by atoms with E-state index < -0.39 is 5.82 Å². The molecule has 0 aliphatic rings. The Bertz CT molecular complexity index is 621. The van der Waals surface area contributed by atoms with E-state index in [0.717, 1.165) is 8.95 Å². The molecule has 0 atom stereocenters. The molecule has 0 spiro atoms. The van der Waals surface area contributed by atoms with Gasteiger partial charge in [-0.3, -0.25) is 4.79 Å². The van der Waals surface area contributed by atoms with Crippen LogP contribution in [0.25, 0.3) is 0 Å². The maximum absolute atomic E-state index is 13.3. The number of carbonyl (C=O) groups is 1. The second-order valence-corrected chi connectivity index (χ2v) is 5.66. The summed E-state index contributed by atoms with van der Waals surface area (Å²) in [4.78, 5) is 12.4. The molecule has 0 N–H and O–H groups in total. The van der Waals surface area contributed by atoms with Gasteiger partial charge in [0.2, 0.25) is 0 Å². The van der Waals surface area contributed by atoms with Gasteiger partial charge in [-0.05, 0) is 36.4 Å². The van der Waals surface area contributed by atoms with Crippen LogP contribution in [0.5, 0.6) is 5.75 Å². The van der Waals surface area contributed by atoms with E-state index in [1.807, 2.05) is 6.07 Å². The Morgan fingerprint density at radius 3 is 2.32 bits per heavy atom. The smallest absolute Gasteiger partial charge is 0.196 e. The molecule has 19 heavy (non-hydrogen) atoms. The molecule has 2 rings (SSSR count). The van der Waals surface area contributed by atoms with Crippen molar-refractivity contribution in [3.63, 3.8) is 0 Å². The summed E-state index contributed by atoms with van der Waals surface area (Å²) in [6.07, 6.45) is 0. The van der Waals surface area contributed by atoms with E-state index in [0.29, 0.717) is 11.3 Å². The maximum Gasteiger partial charge on any atom is 0.196 e. The lowest BCUT2D eigenvalue weighted by Crippen LogP contribution is -2.04. The maximum atomic E-state index is 13.3. The van der Waals surface area contributed by atoms with Crippen molar-refractivity contribution in [1.82, 2.24) is 0 Å². The highest BCUT2D eigenvalue weighted by atomic mass is 79.9. The molecular formula is C14H9Br2FO2. The molecule has 0 radical (unpaired) electrons. The Balaban J connectivity index is 2.52. The van der Waals surface area contributed by atoms with Crippen LogP contribution in [-0.4, -0.2) is 12.9 Å². The van der Waals surface area contributed by atoms with Crippen LogP contribution in [0.1, 0.15) is 15.9 Å². The first-order valence-corrected chi connectivity index (χ1v) is 6.94. The summed E-state index contributed by atoms with van der Waals surface area (Å²) < 4.78 is 19.9. The van der Waals surface area contributed by atoms with Gasteiger partial charge < -0.3 is 4.74 Å². The number of hydrogen-bond acceptors (Lipinski definition) is 2. The fourth-order valence-electron chi connectivity index (χ4n) is 1.70. The average Bonchev–Trinajstić information content (AvgIpc) is 2.36. The quantitative estimate of drug-likeness (QED) is 0.720. The van der Waals surface area contributed by atoms with Gasteiger partial charge >= 0.3 is 0 Å². The van der Waals surface area contributed by atoms with E-state index in [2.05, 4.69) is 31.9 Å². The predicted octanol–water partition coefficient (Wildman–Crippen LogP) is 4.59. The average molecular weight is 388 g/mol. The SMILES string of the molecule is COc1ccc(F)cc1C(=O)c1cc(Br)cc(Br)c1. The Morgan fingerprint density at radius 1 is 1.11 bits per heavy atom. The van der Waals surface area contributed by atoms with E-state index in [4.69, 9.17) is 4.74 Å². The van der Waals surface area contributed by atoms with Crippen molar-refractivity contribution in [3.8, 4) is 5.75 Å². The third-order valence-electron chi connectivity index (χ3n) is 2.53. The summed E-state index contributed by atoms with van der Waals surface area (Å²) >= 11 is 6.63. The summed E-state index contributed by atoms with van der Waals surface area (Å²) in [5, 5.41) is 0. The van der Waals surface area contributed by atoms with Crippen LogP contribution in [0.2, 0.25) is 0 Å². The van der Waals surface area contributed by atoms with E-state index >= 15 is 0 Å². The third kappa shape index (κ3) is 3.22. The summed E-state index contributed by atoms with van der Waals surface area (Å²) in [6.45, 7) is 0. The van der Waals surface area contributed by atoms with Gasteiger partial charge in [-0.1, -0.05) is 31.9 Å². The topological polar surface area (TPSA) is 26.3 Å². The van der Waals surface area contributed by atoms with E-state index in [-0.39, 0.29) is 11.3 Å². The zero-order valence-corrected chi connectivity index (χ0v) is 13.1. The summed E-state index contributed by atoms with van der Waals surface area (Å²) in [7, 11) is 1.45. The van der Waals surface area contributed by atoms with Crippen molar-refractivity contribution < 1.29 is 13.9 Å². The van der Waals surface area contributed by atoms with E-state index in [9.17, 15) is 9.18 Å². The van der Waals surface area contributed by atoms with Crippen molar-refractivity contribution in [2.75, 3.05) is 7.11 Å². The molecule has 5 heteroatoms. The molecule has 0 bridgehead atoms. The van der Waals surface area contributed by atoms with Crippen LogP contribution in [-0.2, 0) is 0 Å². The molecule has 0 aliphatic heterocycles. The largest absolute Gasteiger partial charge is 0.496 e. The number of rotatable bonds is 3. The molecule has 2 aromatic carbocycles. The van der Waals surface area contributed by atoms with Gasteiger partial charge in [0.25, 0.3) is 0 Å². The van der Waals surface area contributed by atoms with E-state index in [1.165, 1.54) is 25.3 Å². The molecule has 0 unspecified atom stereocenters. The fourth-order valence-corrected chi connectivity index (χ4v) is 2.99. The number of ketones is 1. The van der Waals surface area contributed by atoms with Crippen LogP contribution in [0.3, 0.4) is 0 Å². The highest BCUT2D eigenvalue weighted by Gasteiger charge is 2.16. The summed E-state index contributed by atoms with van der Waals surface area (Å²) in [5.74, 6) is -0.418. The highest BCUT2D eigenvalue weighted by Crippen LogP contribution is 2.26. The van der Waals surface area contributed by atoms with Crippen molar-refractivity contribution >= 4 is 37.6 Å². The zero-order valence-electron chi connectivity index (χ0n) is 9.91. The molecule has 0 amide bonds. The minimum absolute atomic E-state index is 0.201. The van der Waals surface area contributed by atoms with Crippen LogP contribution in [0.15, 0.2) is 45.3 Å². The molecule has 0 fully saturated rings. The first kappa shape index (κ1) is 14.2. The summed E-state index contributed by atoms with van der Waals surface area (Å²) in [5.41, 5.74) is 0.651. The first-order valence-electron chi connectivity index (χ1n) is 5.35. The molecule has 0 heterocycles. The second-order valence-electron chi connectivity index (χ2n) is 3.83. The lowest BCUT2D eigenvalue weighted by molar-refractivity contribution is 0.103. The monoisotopic (exact) mass is 386 g/mol. The van der Waals surface area contributed by atoms with Crippen molar-refractivity contribution in [1.29, 1.82) is 0 Å². The van der Waals surface area contributed by atoms with Gasteiger partial charge in [-0.25, -0.2) is 4.39 Å². The second kappa shape index (κ2) is 5.84. The number of methoxy groups -OCH3 is 1. The number of carbonyl (C=O) groups excluding carboxylic acids is 1. The van der Waals surface area contributed by atoms with Gasteiger partial charge in [-0.2, -0.15) is 0 Å². The zero-order chi connectivity index (χ0) is 14.0. The third-order valence-corrected chi connectivity index (χ3v) is 3.45. The lowest BCUT2D eigenvalue weighted by Gasteiger charge is -2.08. The van der Waals surface area contributed by atoms with Gasteiger partial charge in [0.1, 0.15) is 11.6 Å². The van der Waals surface area contributed by atoms with Gasteiger partial charge in [0, 0.05) is 14.5 Å². The number of benzene rings is 2. The van der Waals surface area contributed by atoms with Crippen molar-refractivity contribution in [2.45, 2.75) is 0 Å². The van der Waals surface area contributed by atoms with Crippen LogP contribution in [0, 0.1) is 5.82 Å². The molecule has 0 aromatic heterocycles. The van der Waals surface area contributed by atoms with Crippen LogP contribution >= 0.6 is 31.9 Å². The first-order chi connectivity index (χ1) is 9.01. The van der Waals surface area contributed by atoms with Gasteiger partial charge in [0.15, 0.2) is 5.78 Å². The normalized spacial score (nSPS) is 10.3. The minimum atomic E-state index is -0.474. The van der Waals surface area contributed by atoms with Gasteiger partial charge in [0.05, 0.1) is 12.7 Å². The molecule has 0 saturated heterocycles. The van der Waals surface area contributed by atoms with Gasteiger partial charge in [-0.15, -0.1) is 0 Å². The Labute approximate surface area is 126 Å². The highest BCUT2D eigenvalue weighted by molar-refractivity contribution is 9.11. The van der Waals surface area contributed by atoms with E-state index in [1.54, 1.807) is 12.1 Å². The summed E-state index contributed by atoms with van der Waals surface area (Å²) in [6, 6.07) is 9.05. The molecule has 2 nitrogen and oxygen atoms in total. The van der Waals surface area contributed by atoms with Crippen molar-refractivity contribution in [2.24, 2.45) is 0 Å². The molecular weight excluding hydrogens is 379 g/mol. The van der Waals surface area contributed by atoms with Crippen LogP contribution in [0.4, 0.5) is 4.39 Å². The lowest BCUT2D eigenvalue weighted by atomic mass is 10.0. The molecule has 0 saturated carbocycles. The predicted molar refractivity (Wildman–Crippen MR) is 78.2 cm³/mol. The Hall–Kier alpha value is -1.20. The number of hydrogen-bond donors (Lipinski definition) is 0. The molecule has 0 aliphatic carbocycles. The van der Waals surface area contributed by atoms with Crippen molar-refractivity contribution in [3.05, 3.63) is 62.3 Å². The van der Waals surface area contributed by atoms with Crippen LogP contribution < -0.4 is 4.74 Å². The Kier molecular flexibility index (Phi) is 4.37. The molecule has 2 aromatic rings. The number of halogens is 3. The standard InChI is InChI=1S/C14H9Br2FO2/c1-19-13-3-2-11(17)7-12(13)14(18)8-4-9(15)6-10(16)5-8/h2-7H,1H3. The Morgan fingerprint density at radius 2 is 1.74 bits per heavy atom. The minimum Gasteiger partial charge on any atom is -0.496 e. The fraction of sp³-hybridized carbons (Fsp3) is 0.0714. The number of ether oxygens (including phenoxy) is 1. The molecule has 98 valence electrons.